The number of rotatable bonds is 4. The van der Waals surface area contributed by atoms with E-state index < -0.39 is 23.0 Å². The predicted molar refractivity (Wildman–Crippen MR) is 82.5 cm³/mol. The first-order chi connectivity index (χ1) is 11.5. The summed E-state index contributed by atoms with van der Waals surface area (Å²) in [5, 5.41) is 11.9. The minimum absolute atomic E-state index is 0.0827. The van der Waals surface area contributed by atoms with Gasteiger partial charge in [0.05, 0.1) is 12.4 Å². The zero-order valence-electron chi connectivity index (χ0n) is 12.9. The third-order valence-corrected chi connectivity index (χ3v) is 4.51. The molecule has 1 aromatic carbocycles. The first-order valence-electron chi connectivity index (χ1n) is 7.75. The van der Waals surface area contributed by atoms with Gasteiger partial charge in [0.1, 0.15) is 0 Å². The molecule has 0 saturated heterocycles. The van der Waals surface area contributed by atoms with Crippen LogP contribution in [-0.2, 0) is 5.41 Å². The van der Waals surface area contributed by atoms with Gasteiger partial charge in [-0.15, -0.1) is 0 Å². The number of aromatic hydroxyl groups is 1. The number of carbonyl (C=O) groups is 1. The van der Waals surface area contributed by atoms with E-state index in [4.69, 9.17) is 5.11 Å². The third kappa shape index (κ3) is 3.06. The molecule has 1 saturated carbocycles. The van der Waals surface area contributed by atoms with E-state index in [9.17, 15) is 13.6 Å². The molecule has 1 aliphatic carbocycles. The van der Waals surface area contributed by atoms with Crippen molar-refractivity contribution in [3.8, 4) is 5.75 Å². The zero-order chi connectivity index (χ0) is 17.2. The molecular weight excluding hydrogens is 316 g/mol. The standard InChI is InChI=1S/C17H17F2N3O2/c18-13-5-3-4-12(14(13)19)17(6-1-2-7-17)10-22-16(24)15-20-8-11(23)9-21-15/h3-5,8-9,23H,1-2,6-7,10H2,(H,22,24). The third-order valence-electron chi connectivity index (χ3n) is 4.51. The highest BCUT2D eigenvalue weighted by Crippen LogP contribution is 2.42. The Labute approximate surface area is 137 Å². The normalized spacial score (nSPS) is 16.1. The van der Waals surface area contributed by atoms with Crippen LogP contribution in [0.15, 0.2) is 30.6 Å². The summed E-state index contributed by atoms with van der Waals surface area (Å²) in [5.74, 6) is -2.47. The lowest BCUT2D eigenvalue weighted by atomic mass is 9.78. The topological polar surface area (TPSA) is 75.1 Å². The zero-order valence-corrected chi connectivity index (χ0v) is 12.9. The molecule has 0 bridgehead atoms. The van der Waals surface area contributed by atoms with Crippen molar-refractivity contribution in [2.75, 3.05) is 6.54 Å². The van der Waals surface area contributed by atoms with E-state index in [1.54, 1.807) is 6.07 Å². The van der Waals surface area contributed by atoms with Gasteiger partial charge in [-0.2, -0.15) is 0 Å². The summed E-state index contributed by atoms with van der Waals surface area (Å²) in [6.07, 6.45) is 5.37. The summed E-state index contributed by atoms with van der Waals surface area (Å²) < 4.78 is 27.8. The summed E-state index contributed by atoms with van der Waals surface area (Å²) in [4.78, 5) is 19.6. The Morgan fingerprint density at radius 1 is 1.21 bits per heavy atom. The van der Waals surface area contributed by atoms with Gasteiger partial charge in [0.15, 0.2) is 17.4 Å². The Bertz CT molecular complexity index is 744. The number of nitrogens with one attached hydrogen (secondary N) is 1. The maximum atomic E-state index is 14.3. The lowest BCUT2D eigenvalue weighted by molar-refractivity contribution is 0.0932. The molecule has 0 unspecified atom stereocenters. The number of hydrogen-bond donors (Lipinski definition) is 2. The van der Waals surface area contributed by atoms with Crippen LogP contribution in [0.5, 0.6) is 5.75 Å². The Morgan fingerprint density at radius 3 is 2.54 bits per heavy atom. The molecular formula is C17H17F2N3O2. The average Bonchev–Trinajstić information content (AvgIpc) is 3.06. The van der Waals surface area contributed by atoms with Crippen molar-refractivity contribution in [1.29, 1.82) is 0 Å². The van der Waals surface area contributed by atoms with Gasteiger partial charge < -0.3 is 10.4 Å². The molecule has 0 atom stereocenters. The minimum atomic E-state index is -0.882. The molecule has 0 radical (unpaired) electrons. The first kappa shape index (κ1) is 16.3. The number of amides is 1. The van der Waals surface area contributed by atoms with E-state index in [1.807, 2.05) is 0 Å². The van der Waals surface area contributed by atoms with E-state index in [0.29, 0.717) is 18.4 Å². The minimum Gasteiger partial charge on any atom is -0.505 e. The summed E-state index contributed by atoms with van der Waals surface area (Å²) in [5.41, 5.74) is -0.328. The highest BCUT2D eigenvalue weighted by atomic mass is 19.2. The van der Waals surface area contributed by atoms with Crippen molar-refractivity contribution in [2.45, 2.75) is 31.1 Å². The molecule has 2 N–H and O–H groups in total. The number of aromatic nitrogens is 2. The SMILES string of the molecule is O=C(NCC1(c2cccc(F)c2F)CCCC1)c1ncc(O)cn1. The maximum absolute atomic E-state index is 14.3. The molecule has 0 spiro atoms. The summed E-state index contributed by atoms with van der Waals surface area (Å²) in [7, 11) is 0. The van der Waals surface area contributed by atoms with Gasteiger partial charge in [-0.3, -0.25) is 4.79 Å². The molecule has 1 aromatic heterocycles. The molecule has 1 aliphatic rings. The van der Waals surface area contributed by atoms with Crippen molar-refractivity contribution in [3.63, 3.8) is 0 Å². The highest BCUT2D eigenvalue weighted by Gasteiger charge is 2.38. The van der Waals surface area contributed by atoms with E-state index in [-0.39, 0.29) is 18.1 Å². The van der Waals surface area contributed by atoms with Gasteiger partial charge in [-0.1, -0.05) is 25.0 Å². The summed E-state index contributed by atoms with van der Waals surface area (Å²) >= 11 is 0. The van der Waals surface area contributed by atoms with Gasteiger partial charge in [0.25, 0.3) is 5.91 Å². The first-order valence-corrected chi connectivity index (χ1v) is 7.75. The van der Waals surface area contributed by atoms with E-state index in [2.05, 4.69) is 15.3 Å². The van der Waals surface area contributed by atoms with E-state index in [1.165, 1.54) is 6.07 Å². The van der Waals surface area contributed by atoms with Crippen molar-refractivity contribution in [2.24, 2.45) is 0 Å². The van der Waals surface area contributed by atoms with Crippen LogP contribution in [0.4, 0.5) is 8.78 Å². The van der Waals surface area contributed by atoms with Crippen LogP contribution in [0.1, 0.15) is 41.9 Å². The number of carbonyl (C=O) groups excluding carboxylic acids is 1. The highest BCUT2D eigenvalue weighted by molar-refractivity contribution is 5.90. The Hall–Kier alpha value is -2.57. The van der Waals surface area contributed by atoms with Crippen LogP contribution in [0.25, 0.3) is 0 Å². The van der Waals surface area contributed by atoms with Gasteiger partial charge >= 0.3 is 0 Å². The van der Waals surface area contributed by atoms with Crippen molar-refractivity contribution in [3.05, 3.63) is 53.6 Å². The molecule has 1 fully saturated rings. The fraction of sp³-hybridized carbons (Fsp3) is 0.353. The van der Waals surface area contributed by atoms with Crippen LogP contribution >= 0.6 is 0 Å². The van der Waals surface area contributed by atoms with Gasteiger partial charge in [0.2, 0.25) is 5.82 Å². The van der Waals surface area contributed by atoms with Crippen LogP contribution in [0.2, 0.25) is 0 Å². The van der Waals surface area contributed by atoms with Crippen LogP contribution in [-0.4, -0.2) is 27.5 Å². The van der Waals surface area contributed by atoms with E-state index in [0.717, 1.165) is 31.3 Å². The van der Waals surface area contributed by atoms with Crippen molar-refractivity contribution in [1.82, 2.24) is 15.3 Å². The molecule has 1 heterocycles. The van der Waals surface area contributed by atoms with Crippen LogP contribution in [0, 0.1) is 11.6 Å². The van der Waals surface area contributed by atoms with Crippen LogP contribution < -0.4 is 5.32 Å². The number of halogens is 2. The Balaban J connectivity index is 1.80. The molecule has 2 aromatic rings. The maximum Gasteiger partial charge on any atom is 0.289 e. The second-order valence-corrected chi connectivity index (χ2v) is 6.04. The smallest absolute Gasteiger partial charge is 0.289 e. The molecule has 126 valence electrons. The molecule has 3 rings (SSSR count). The number of nitrogens with zero attached hydrogens (tertiary/aromatic N) is 2. The number of hydrogen-bond acceptors (Lipinski definition) is 4. The largest absolute Gasteiger partial charge is 0.505 e. The van der Waals surface area contributed by atoms with E-state index >= 15 is 0 Å². The fourth-order valence-electron chi connectivity index (χ4n) is 3.27. The van der Waals surface area contributed by atoms with Gasteiger partial charge in [-0.05, 0) is 24.5 Å². The molecule has 5 nitrogen and oxygen atoms in total. The Kier molecular flexibility index (Phi) is 4.42. The summed E-state index contributed by atoms with van der Waals surface area (Å²) in [6.45, 7) is 0.177. The Morgan fingerprint density at radius 2 is 1.88 bits per heavy atom. The molecule has 24 heavy (non-hydrogen) atoms. The lowest BCUT2D eigenvalue weighted by Gasteiger charge is -2.30. The average molecular weight is 333 g/mol. The lowest BCUT2D eigenvalue weighted by Crippen LogP contribution is -2.40. The predicted octanol–water partition coefficient (Wildman–Crippen LogP) is 2.70. The molecule has 0 aliphatic heterocycles. The van der Waals surface area contributed by atoms with Crippen LogP contribution in [0.3, 0.4) is 0 Å². The molecule has 1 amide bonds. The second kappa shape index (κ2) is 6.51. The fourth-order valence-corrected chi connectivity index (χ4v) is 3.27. The number of benzene rings is 1. The summed E-state index contributed by atoms with van der Waals surface area (Å²) in [6, 6.07) is 4.15. The quantitative estimate of drug-likeness (QED) is 0.902. The van der Waals surface area contributed by atoms with Crippen molar-refractivity contribution < 1.29 is 18.7 Å². The monoisotopic (exact) mass is 333 g/mol. The molecule has 7 heteroatoms. The van der Waals surface area contributed by atoms with Gasteiger partial charge in [0, 0.05) is 12.0 Å². The van der Waals surface area contributed by atoms with Gasteiger partial charge in [-0.25, -0.2) is 18.7 Å². The second-order valence-electron chi connectivity index (χ2n) is 6.04. The van der Waals surface area contributed by atoms with Crippen molar-refractivity contribution >= 4 is 5.91 Å².